The summed E-state index contributed by atoms with van der Waals surface area (Å²) in [7, 11) is 4.20. The lowest BCUT2D eigenvalue weighted by Gasteiger charge is -2.36. The molecular weight excluding hydrogens is 196 g/mol. The van der Waals surface area contributed by atoms with Crippen LogP contribution in [-0.4, -0.2) is 31.1 Å². The highest BCUT2D eigenvalue weighted by Crippen LogP contribution is 2.18. The number of hydrogen-bond acceptors (Lipinski definition) is 2. The van der Waals surface area contributed by atoms with Crippen LogP contribution in [0.15, 0.2) is 30.3 Å². The molecule has 0 aliphatic heterocycles. The van der Waals surface area contributed by atoms with Gasteiger partial charge in [-0.1, -0.05) is 30.3 Å². The van der Waals surface area contributed by atoms with E-state index >= 15 is 0 Å². The van der Waals surface area contributed by atoms with E-state index in [0.717, 1.165) is 19.5 Å². The third-order valence-corrected chi connectivity index (χ3v) is 3.28. The molecule has 0 saturated heterocycles. The lowest BCUT2D eigenvalue weighted by molar-refractivity contribution is 0.137. The largest absolute Gasteiger partial charge is 0.320 e. The minimum Gasteiger partial charge on any atom is -0.320 e. The van der Waals surface area contributed by atoms with Crippen molar-refractivity contribution in [3.8, 4) is 0 Å². The molecule has 0 saturated carbocycles. The van der Waals surface area contributed by atoms with Crippen LogP contribution in [0.4, 0.5) is 0 Å². The van der Waals surface area contributed by atoms with Crippen molar-refractivity contribution in [1.29, 1.82) is 0 Å². The lowest BCUT2D eigenvalue weighted by Crippen LogP contribution is -2.42. The smallest absolute Gasteiger partial charge is 0.0236 e. The minimum atomic E-state index is 0.235. The molecule has 90 valence electrons. The number of benzene rings is 1. The van der Waals surface area contributed by atoms with Crippen LogP contribution < -0.4 is 5.32 Å². The summed E-state index contributed by atoms with van der Waals surface area (Å²) < 4.78 is 0. The molecule has 0 unspecified atom stereocenters. The van der Waals surface area contributed by atoms with Gasteiger partial charge in [0.2, 0.25) is 0 Å². The SMILES string of the molecule is CNCCC(C)(C)N(C)Cc1ccccc1. The van der Waals surface area contributed by atoms with E-state index in [2.05, 4.69) is 61.4 Å². The van der Waals surface area contributed by atoms with E-state index in [0.29, 0.717) is 0 Å². The quantitative estimate of drug-likeness (QED) is 0.792. The maximum absolute atomic E-state index is 3.22. The average Bonchev–Trinajstić information content (AvgIpc) is 2.28. The van der Waals surface area contributed by atoms with Crippen molar-refractivity contribution in [3.63, 3.8) is 0 Å². The Morgan fingerprint density at radius 3 is 2.38 bits per heavy atom. The van der Waals surface area contributed by atoms with Gasteiger partial charge in [0.15, 0.2) is 0 Å². The van der Waals surface area contributed by atoms with Crippen molar-refractivity contribution in [3.05, 3.63) is 35.9 Å². The Morgan fingerprint density at radius 2 is 1.81 bits per heavy atom. The second kappa shape index (κ2) is 6.02. The van der Waals surface area contributed by atoms with Crippen LogP contribution >= 0.6 is 0 Å². The fourth-order valence-corrected chi connectivity index (χ4v) is 1.69. The molecule has 0 aliphatic carbocycles. The summed E-state index contributed by atoms with van der Waals surface area (Å²) in [6.45, 7) is 6.67. The second-order valence-electron chi connectivity index (χ2n) is 5.01. The van der Waals surface area contributed by atoms with Gasteiger partial charge in [-0.25, -0.2) is 0 Å². The number of hydrogen-bond donors (Lipinski definition) is 1. The highest BCUT2D eigenvalue weighted by atomic mass is 15.2. The molecule has 1 N–H and O–H groups in total. The summed E-state index contributed by atoms with van der Waals surface area (Å²) >= 11 is 0. The molecule has 1 aromatic rings. The molecule has 0 aliphatic rings. The third-order valence-electron chi connectivity index (χ3n) is 3.28. The van der Waals surface area contributed by atoms with E-state index in [9.17, 15) is 0 Å². The van der Waals surface area contributed by atoms with Crippen LogP contribution in [0.1, 0.15) is 25.8 Å². The van der Waals surface area contributed by atoms with Gasteiger partial charge in [0.1, 0.15) is 0 Å². The van der Waals surface area contributed by atoms with E-state index in [1.165, 1.54) is 5.56 Å². The van der Waals surface area contributed by atoms with Gasteiger partial charge in [-0.05, 0) is 46.5 Å². The Kier molecular flexibility index (Phi) is 4.97. The molecule has 0 bridgehead atoms. The standard InChI is InChI=1S/C14H24N2/c1-14(2,10-11-15-3)16(4)12-13-8-6-5-7-9-13/h5-9,15H,10-12H2,1-4H3. The Labute approximate surface area is 99.7 Å². The molecule has 0 spiro atoms. The van der Waals surface area contributed by atoms with Crippen molar-refractivity contribution in [2.75, 3.05) is 20.6 Å². The van der Waals surface area contributed by atoms with E-state index < -0.39 is 0 Å². The zero-order valence-electron chi connectivity index (χ0n) is 11.0. The molecule has 0 atom stereocenters. The average molecular weight is 220 g/mol. The van der Waals surface area contributed by atoms with Crippen LogP contribution in [0.5, 0.6) is 0 Å². The fourth-order valence-electron chi connectivity index (χ4n) is 1.69. The minimum absolute atomic E-state index is 0.235. The van der Waals surface area contributed by atoms with Crippen molar-refractivity contribution in [1.82, 2.24) is 10.2 Å². The van der Waals surface area contributed by atoms with E-state index in [-0.39, 0.29) is 5.54 Å². The summed E-state index contributed by atoms with van der Waals surface area (Å²) in [5.74, 6) is 0. The summed E-state index contributed by atoms with van der Waals surface area (Å²) in [5.41, 5.74) is 1.61. The maximum Gasteiger partial charge on any atom is 0.0236 e. The van der Waals surface area contributed by atoms with E-state index in [4.69, 9.17) is 0 Å². The van der Waals surface area contributed by atoms with Crippen LogP contribution in [0, 0.1) is 0 Å². The van der Waals surface area contributed by atoms with Gasteiger partial charge < -0.3 is 5.32 Å². The first kappa shape index (κ1) is 13.2. The molecule has 0 radical (unpaired) electrons. The van der Waals surface area contributed by atoms with Crippen LogP contribution in [0.25, 0.3) is 0 Å². The molecule has 0 fully saturated rings. The first-order valence-electron chi connectivity index (χ1n) is 5.96. The fraction of sp³-hybridized carbons (Fsp3) is 0.571. The van der Waals surface area contributed by atoms with E-state index in [1.807, 2.05) is 7.05 Å². The van der Waals surface area contributed by atoms with Gasteiger partial charge in [-0.15, -0.1) is 0 Å². The van der Waals surface area contributed by atoms with Crippen molar-refractivity contribution < 1.29 is 0 Å². The third kappa shape index (κ3) is 3.95. The highest BCUT2D eigenvalue weighted by Gasteiger charge is 2.22. The normalized spacial score (nSPS) is 12.1. The van der Waals surface area contributed by atoms with Gasteiger partial charge in [0, 0.05) is 12.1 Å². The predicted molar refractivity (Wildman–Crippen MR) is 70.5 cm³/mol. The lowest BCUT2D eigenvalue weighted by atomic mass is 9.98. The Hall–Kier alpha value is -0.860. The van der Waals surface area contributed by atoms with Crippen molar-refractivity contribution in [2.45, 2.75) is 32.4 Å². The van der Waals surface area contributed by atoms with Gasteiger partial charge in [-0.3, -0.25) is 4.90 Å². The second-order valence-corrected chi connectivity index (χ2v) is 5.01. The number of nitrogens with one attached hydrogen (secondary N) is 1. The summed E-state index contributed by atoms with van der Waals surface area (Å²) in [6.07, 6.45) is 1.16. The topological polar surface area (TPSA) is 15.3 Å². The van der Waals surface area contributed by atoms with E-state index in [1.54, 1.807) is 0 Å². The zero-order valence-corrected chi connectivity index (χ0v) is 11.0. The molecule has 1 aromatic carbocycles. The molecule has 0 heterocycles. The Morgan fingerprint density at radius 1 is 1.19 bits per heavy atom. The predicted octanol–water partition coefficient (Wildman–Crippen LogP) is 2.51. The molecule has 1 rings (SSSR count). The molecule has 2 nitrogen and oxygen atoms in total. The first-order chi connectivity index (χ1) is 7.56. The maximum atomic E-state index is 3.22. The van der Waals surface area contributed by atoms with Gasteiger partial charge in [0.05, 0.1) is 0 Å². The van der Waals surface area contributed by atoms with Crippen LogP contribution in [0.2, 0.25) is 0 Å². The van der Waals surface area contributed by atoms with Crippen LogP contribution in [-0.2, 0) is 6.54 Å². The van der Waals surface area contributed by atoms with Crippen molar-refractivity contribution in [2.24, 2.45) is 0 Å². The molecule has 16 heavy (non-hydrogen) atoms. The summed E-state index contributed by atoms with van der Waals surface area (Å²) in [6, 6.07) is 10.6. The summed E-state index contributed by atoms with van der Waals surface area (Å²) in [5, 5.41) is 3.22. The zero-order chi connectivity index (χ0) is 12.0. The summed E-state index contributed by atoms with van der Waals surface area (Å²) in [4.78, 5) is 2.42. The van der Waals surface area contributed by atoms with Crippen molar-refractivity contribution >= 4 is 0 Å². The van der Waals surface area contributed by atoms with Gasteiger partial charge in [0.25, 0.3) is 0 Å². The number of rotatable bonds is 6. The molecule has 0 aromatic heterocycles. The monoisotopic (exact) mass is 220 g/mol. The molecule has 0 amide bonds. The Bertz CT molecular complexity index is 293. The number of nitrogens with zero attached hydrogens (tertiary/aromatic N) is 1. The van der Waals surface area contributed by atoms with Gasteiger partial charge in [-0.2, -0.15) is 0 Å². The van der Waals surface area contributed by atoms with Crippen LogP contribution in [0.3, 0.4) is 0 Å². The highest BCUT2D eigenvalue weighted by molar-refractivity contribution is 5.14. The molecule has 2 heteroatoms. The van der Waals surface area contributed by atoms with Gasteiger partial charge >= 0.3 is 0 Å². The Balaban J connectivity index is 2.54. The first-order valence-corrected chi connectivity index (χ1v) is 5.96. The molecular formula is C14H24N2.